The number of esters is 2. The topological polar surface area (TPSA) is 72.8 Å². The van der Waals surface area contributed by atoms with Crippen LogP contribution in [0.1, 0.15) is 73.6 Å². The lowest BCUT2D eigenvalue weighted by molar-refractivity contribution is -0.165. The number of allylic oxidation sites excluding steroid dienone is 2. The summed E-state index contributed by atoms with van der Waals surface area (Å²) in [5, 5.41) is 11.2. The SMILES string of the molecule is C=C1C[C@@H](OC(C)=O)[C@H](C(C)(C)O)C2(C)C=C[C@H](C)[C@H]2CCCC[C@@H]1OC(C)=O. The molecule has 6 atom stereocenters. The van der Waals surface area contributed by atoms with Crippen molar-refractivity contribution < 1.29 is 24.2 Å². The Morgan fingerprint density at radius 2 is 1.76 bits per heavy atom. The predicted octanol–water partition coefficient (Wildman–Crippen LogP) is 4.59. The molecule has 0 spiro atoms. The summed E-state index contributed by atoms with van der Waals surface area (Å²) in [5.41, 5.74) is -0.663. The summed E-state index contributed by atoms with van der Waals surface area (Å²) >= 11 is 0. The van der Waals surface area contributed by atoms with E-state index in [-0.39, 0.29) is 23.3 Å². The molecular weight excluding hydrogens is 368 g/mol. The molecule has 0 aromatic rings. The molecule has 1 fully saturated rings. The van der Waals surface area contributed by atoms with E-state index in [1.54, 1.807) is 13.8 Å². The van der Waals surface area contributed by atoms with Crippen molar-refractivity contribution in [2.75, 3.05) is 0 Å². The summed E-state index contributed by atoms with van der Waals surface area (Å²) < 4.78 is 11.3. The molecule has 0 aromatic heterocycles. The Morgan fingerprint density at radius 3 is 2.31 bits per heavy atom. The molecule has 0 radical (unpaired) electrons. The van der Waals surface area contributed by atoms with E-state index in [1.807, 2.05) is 0 Å². The van der Waals surface area contributed by atoms with Gasteiger partial charge in [-0.2, -0.15) is 0 Å². The molecule has 0 aromatic carbocycles. The number of carbonyl (C=O) groups excluding carboxylic acids is 2. The Labute approximate surface area is 175 Å². The van der Waals surface area contributed by atoms with Crippen LogP contribution < -0.4 is 0 Å². The maximum atomic E-state index is 12.0. The minimum atomic E-state index is -1.08. The fourth-order valence-corrected chi connectivity index (χ4v) is 5.78. The number of ether oxygens (including phenoxy) is 2. The summed E-state index contributed by atoms with van der Waals surface area (Å²) in [5.74, 6) is -0.315. The monoisotopic (exact) mass is 406 g/mol. The molecule has 5 heteroatoms. The molecular formula is C24H38O5. The average molecular weight is 407 g/mol. The number of aliphatic hydroxyl groups is 1. The van der Waals surface area contributed by atoms with Crippen LogP contribution in [-0.4, -0.2) is 34.9 Å². The van der Waals surface area contributed by atoms with Crippen molar-refractivity contribution in [2.24, 2.45) is 23.2 Å². The van der Waals surface area contributed by atoms with Gasteiger partial charge < -0.3 is 14.6 Å². The molecule has 5 nitrogen and oxygen atoms in total. The first-order valence-corrected chi connectivity index (χ1v) is 10.8. The van der Waals surface area contributed by atoms with Gasteiger partial charge in [0, 0.05) is 26.2 Å². The van der Waals surface area contributed by atoms with Crippen LogP contribution in [0.2, 0.25) is 0 Å². The highest BCUT2D eigenvalue weighted by Crippen LogP contribution is 2.54. The molecule has 0 amide bonds. The van der Waals surface area contributed by atoms with E-state index in [0.29, 0.717) is 24.7 Å². The Bertz CT molecular complexity index is 659. The van der Waals surface area contributed by atoms with Gasteiger partial charge >= 0.3 is 11.9 Å². The first-order chi connectivity index (χ1) is 13.4. The van der Waals surface area contributed by atoms with Gasteiger partial charge in [0.1, 0.15) is 12.2 Å². The third-order valence-electron chi connectivity index (χ3n) is 6.77. The van der Waals surface area contributed by atoms with E-state index in [4.69, 9.17) is 9.47 Å². The first kappa shape index (κ1) is 23.7. The van der Waals surface area contributed by atoms with E-state index in [0.717, 1.165) is 24.8 Å². The number of hydrogen-bond acceptors (Lipinski definition) is 5. The summed E-state index contributed by atoms with van der Waals surface area (Å²) in [4.78, 5) is 23.6. The highest BCUT2D eigenvalue weighted by Gasteiger charge is 2.53. The Kier molecular flexibility index (Phi) is 7.37. The van der Waals surface area contributed by atoms with Gasteiger partial charge in [0.15, 0.2) is 0 Å². The fourth-order valence-electron chi connectivity index (χ4n) is 5.78. The smallest absolute Gasteiger partial charge is 0.303 e. The Balaban J connectivity index is 2.52. The van der Waals surface area contributed by atoms with Gasteiger partial charge in [-0.1, -0.05) is 39.0 Å². The summed E-state index contributed by atoms with van der Waals surface area (Å²) in [6.07, 6.45) is 7.51. The Morgan fingerprint density at radius 1 is 1.17 bits per heavy atom. The van der Waals surface area contributed by atoms with Crippen molar-refractivity contribution in [2.45, 2.75) is 91.5 Å². The summed E-state index contributed by atoms with van der Waals surface area (Å²) in [6.45, 7) is 15.0. The molecule has 29 heavy (non-hydrogen) atoms. The van der Waals surface area contributed by atoms with Gasteiger partial charge in [-0.15, -0.1) is 0 Å². The second kappa shape index (κ2) is 9.03. The van der Waals surface area contributed by atoms with Crippen LogP contribution in [0.3, 0.4) is 0 Å². The van der Waals surface area contributed by atoms with Gasteiger partial charge in [0.2, 0.25) is 0 Å². The maximum absolute atomic E-state index is 12.0. The molecule has 0 heterocycles. The quantitative estimate of drug-likeness (QED) is 0.548. The normalized spacial score (nSPS) is 36.1. The van der Waals surface area contributed by atoms with Crippen LogP contribution in [-0.2, 0) is 19.1 Å². The van der Waals surface area contributed by atoms with E-state index >= 15 is 0 Å². The van der Waals surface area contributed by atoms with E-state index in [2.05, 4.69) is 32.6 Å². The van der Waals surface area contributed by atoms with Gasteiger partial charge in [0.25, 0.3) is 0 Å². The van der Waals surface area contributed by atoms with Gasteiger partial charge in [0.05, 0.1) is 5.60 Å². The first-order valence-electron chi connectivity index (χ1n) is 10.8. The lowest BCUT2D eigenvalue weighted by atomic mass is 9.59. The fraction of sp³-hybridized carbons (Fsp3) is 0.750. The largest absolute Gasteiger partial charge is 0.462 e. The van der Waals surface area contributed by atoms with Gasteiger partial charge in [-0.05, 0) is 55.9 Å². The van der Waals surface area contributed by atoms with Crippen LogP contribution in [0, 0.1) is 23.2 Å². The van der Waals surface area contributed by atoms with Crippen LogP contribution in [0.4, 0.5) is 0 Å². The predicted molar refractivity (Wildman–Crippen MR) is 113 cm³/mol. The third-order valence-corrected chi connectivity index (χ3v) is 6.77. The van der Waals surface area contributed by atoms with Crippen molar-refractivity contribution >= 4 is 11.9 Å². The third kappa shape index (κ3) is 5.50. The van der Waals surface area contributed by atoms with E-state index in [1.165, 1.54) is 13.8 Å². The minimum absolute atomic E-state index is 0.320. The zero-order valence-corrected chi connectivity index (χ0v) is 18.9. The van der Waals surface area contributed by atoms with E-state index in [9.17, 15) is 14.7 Å². The van der Waals surface area contributed by atoms with Crippen LogP contribution in [0.15, 0.2) is 24.3 Å². The molecule has 0 aliphatic heterocycles. The van der Waals surface area contributed by atoms with Crippen molar-refractivity contribution in [3.05, 3.63) is 24.3 Å². The number of rotatable bonds is 3. The van der Waals surface area contributed by atoms with E-state index < -0.39 is 17.8 Å². The molecule has 0 bridgehead atoms. The van der Waals surface area contributed by atoms with Crippen molar-refractivity contribution in [1.29, 1.82) is 0 Å². The standard InChI is InChI=1S/C24H38O5/c1-15-12-13-24(7)19(15)10-8-9-11-20(28-17(3)25)16(2)14-21(29-18(4)26)22(24)23(5,6)27/h12-13,15,19-22,27H,2,8-11,14H2,1,3-7H3/t15-,19+,20-,21+,22+,24?/m0/s1. The molecule has 1 unspecified atom stereocenters. The van der Waals surface area contributed by atoms with Crippen molar-refractivity contribution in [3.63, 3.8) is 0 Å². The molecule has 2 rings (SSSR count). The van der Waals surface area contributed by atoms with Crippen molar-refractivity contribution in [3.8, 4) is 0 Å². The second-order valence-electron chi connectivity index (χ2n) is 9.71. The molecule has 1 N–H and O–H groups in total. The lowest BCUT2D eigenvalue weighted by Gasteiger charge is -2.48. The molecule has 2 aliphatic rings. The van der Waals surface area contributed by atoms with Gasteiger partial charge in [-0.3, -0.25) is 9.59 Å². The molecule has 2 aliphatic carbocycles. The number of fused-ring (bicyclic) bond motifs is 1. The lowest BCUT2D eigenvalue weighted by Crippen LogP contribution is -2.52. The molecule has 1 saturated carbocycles. The summed E-state index contributed by atoms with van der Waals surface area (Å²) in [6, 6.07) is 0. The summed E-state index contributed by atoms with van der Waals surface area (Å²) in [7, 11) is 0. The molecule has 0 saturated heterocycles. The van der Waals surface area contributed by atoms with Crippen LogP contribution in [0.25, 0.3) is 0 Å². The van der Waals surface area contributed by atoms with Crippen molar-refractivity contribution in [1.82, 2.24) is 0 Å². The number of hydrogen-bond donors (Lipinski definition) is 1. The minimum Gasteiger partial charge on any atom is -0.462 e. The van der Waals surface area contributed by atoms with Crippen LogP contribution in [0.5, 0.6) is 0 Å². The van der Waals surface area contributed by atoms with Crippen LogP contribution >= 0.6 is 0 Å². The zero-order valence-electron chi connectivity index (χ0n) is 18.9. The average Bonchev–Trinajstić information content (AvgIpc) is 2.82. The molecule has 164 valence electrons. The zero-order chi connectivity index (χ0) is 22.0. The maximum Gasteiger partial charge on any atom is 0.303 e. The number of carbonyl (C=O) groups is 2. The Hall–Kier alpha value is -1.62. The highest BCUT2D eigenvalue weighted by atomic mass is 16.5. The van der Waals surface area contributed by atoms with Gasteiger partial charge in [-0.25, -0.2) is 0 Å². The second-order valence-corrected chi connectivity index (χ2v) is 9.71. The highest BCUT2D eigenvalue weighted by molar-refractivity contribution is 5.67.